The average molecular weight is 271 g/mol. The smallest absolute Gasteiger partial charge is 0.253 e. The molecule has 0 bridgehead atoms. The van der Waals surface area contributed by atoms with E-state index in [1.54, 1.807) is 0 Å². The van der Waals surface area contributed by atoms with Crippen LogP contribution in [0.1, 0.15) is 22.8 Å². The van der Waals surface area contributed by atoms with Gasteiger partial charge in [-0.2, -0.15) is 0 Å². The second kappa shape index (κ2) is 6.56. The molecule has 20 heavy (non-hydrogen) atoms. The summed E-state index contributed by atoms with van der Waals surface area (Å²) in [6.07, 6.45) is 0. The molecule has 0 radical (unpaired) electrons. The summed E-state index contributed by atoms with van der Waals surface area (Å²) < 4.78 is 0. The zero-order valence-corrected chi connectivity index (χ0v) is 12.1. The highest BCUT2D eigenvalue weighted by Crippen LogP contribution is 2.12. The maximum absolute atomic E-state index is 12.4. The third-order valence-corrected chi connectivity index (χ3v) is 3.71. The van der Waals surface area contributed by atoms with E-state index in [4.69, 9.17) is 5.73 Å². The SMILES string of the molecule is CC1CN(C(=O)c2ccc(C#CCN)cc2)CCN1C. The lowest BCUT2D eigenvalue weighted by Gasteiger charge is -2.37. The minimum absolute atomic E-state index is 0.100. The van der Waals surface area contributed by atoms with Crippen LogP contribution >= 0.6 is 0 Å². The highest BCUT2D eigenvalue weighted by molar-refractivity contribution is 5.94. The van der Waals surface area contributed by atoms with Crippen molar-refractivity contribution < 1.29 is 4.79 Å². The predicted molar refractivity (Wildman–Crippen MR) is 80.4 cm³/mol. The standard InChI is InChI=1S/C16H21N3O/c1-13-12-19(11-10-18(13)2)16(20)15-7-5-14(6-8-15)4-3-9-17/h5-8,13H,9-12,17H2,1-2H3. The van der Waals surface area contributed by atoms with E-state index < -0.39 is 0 Å². The quantitative estimate of drug-likeness (QED) is 0.768. The molecule has 106 valence electrons. The third-order valence-electron chi connectivity index (χ3n) is 3.71. The van der Waals surface area contributed by atoms with Gasteiger partial charge in [-0.05, 0) is 38.2 Å². The Kier molecular flexibility index (Phi) is 4.78. The molecule has 0 aliphatic carbocycles. The van der Waals surface area contributed by atoms with Gasteiger partial charge in [0.15, 0.2) is 0 Å². The molecule has 0 saturated carbocycles. The Balaban J connectivity index is 2.06. The molecule has 2 N–H and O–H groups in total. The lowest BCUT2D eigenvalue weighted by molar-refractivity contribution is 0.0572. The van der Waals surface area contributed by atoms with Crippen molar-refractivity contribution in [3.63, 3.8) is 0 Å². The van der Waals surface area contributed by atoms with E-state index in [2.05, 4.69) is 30.7 Å². The van der Waals surface area contributed by atoms with Gasteiger partial charge in [0.1, 0.15) is 0 Å². The molecule has 1 aromatic carbocycles. The Bertz CT molecular complexity index is 527. The molecular weight excluding hydrogens is 250 g/mol. The Hall–Kier alpha value is -1.83. The molecule has 1 saturated heterocycles. The summed E-state index contributed by atoms with van der Waals surface area (Å²) in [6, 6.07) is 7.82. The minimum Gasteiger partial charge on any atom is -0.336 e. The van der Waals surface area contributed by atoms with Crippen LogP contribution in [0.15, 0.2) is 24.3 Å². The summed E-state index contributed by atoms with van der Waals surface area (Å²) >= 11 is 0. The van der Waals surface area contributed by atoms with E-state index in [0.29, 0.717) is 12.6 Å². The van der Waals surface area contributed by atoms with Gasteiger partial charge in [-0.25, -0.2) is 0 Å². The summed E-state index contributed by atoms with van der Waals surface area (Å²) in [5.74, 6) is 5.86. The van der Waals surface area contributed by atoms with E-state index >= 15 is 0 Å². The largest absolute Gasteiger partial charge is 0.336 e. The molecule has 4 nitrogen and oxygen atoms in total. The molecule has 1 fully saturated rings. The molecular formula is C16H21N3O. The lowest BCUT2D eigenvalue weighted by atomic mass is 10.1. The van der Waals surface area contributed by atoms with Crippen molar-refractivity contribution in [3.8, 4) is 11.8 Å². The zero-order chi connectivity index (χ0) is 14.5. The number of nitrogens with zero attached hydrogens (tertiary/aromatic N) is 2. The molecule has 4 heteroatoms. The van der Waals surface area contributed by atoms with Crippen LogP contribution in [0.5, 0.6) is 0 Å². The van der Waals surface area contributed by atoms with Crippen LogP contribution in [-0.4, -0.2) is 55.0 Å². The molecule has 1 atom stereocenters. The number of carbonyl (C=O) groups is 1. The van der Waals surface area contributed by atoms with Gasteiger partial charge < -0.3 is 15.5 Å². The summed E-state index contributed by atoms with van der Waals surface area (Å²) in [5.41, 5.74) is 6.95. The molecule has 0 spiro atoms. The second-order valence-corrected chi connectivity index (χ2v) is 5.16. The van der Waals surface area contributed by atoms with Gasteiger partial charge in [0.2, 0.25) is 0 Å². The molecule has 1 aliphatic rings. The third kappa shape index (κ3) is 3.38. The van der Waals surface area contributed by atoms with Gasteiger partial charge in [-0.3, -0.25) is 4.79 Å². The number of hydrogen-bond donors (Lipinski definition) is 1. The van der Waals surface area contributed by atoms with Crippen LogP contribution in [-0.2, 0) is 0 Å². The van der Waals surface area contributed by atoms with E-state index in [1.807, 2.05) is 29.2 Å². The maximum Gasteiger partial charge on any atom is 0.253 e. The number of piperazine rings is 1. The summed E-state index contributed by atoms with van der Waals surface area (Å²) in [4.78, 5) is 16.6. The summed E-state index contributed by atoms with van der Waals surface area (Å²) in [5, 5.41) is 0. The normalized spacial score (nSPS) is 19.4. The van der Waals surface area contributed by atoms with Gasteiger partial charge >= 0.3 is 0 Å². The van der Waals surface area contributed by atoms with Crippen LogP contribution in [0, 0.1) is 11.8 Å². The van der Waals surface area contributed by atoms with Crippen molar-refractivity contribution in [2.75, 3.05) is 33.2 Å². The number of hydrogen-bond acceptors (Lipinski definition) is 3. The number of carbonyl (C=O) groups excluding carboxylic acids is 1. The second-order valence-electron chi connectivity index (χ2n) is 5.16. The first-order valence-corrected chi connectivity index (χ1v) is 6.90. The van der Waals surface area contributed by atoms with Gasteiger partial charge in [0, 0.05) is 36.8 Å². The number of amides is 1. The van der Waals surface area contributed by atoms with Gasteiger partial charge in [0.05, 0.1) is 6.54 Å². The first-order chi connectivity index (χ1) is 9.61. The average Bonchev–Trinajstić information content (AvgIpc) is 2.48. The molecule has 1 aromatic rings. The van der Waals surface area contributed by atoms with Crippen molar-refractivity contribution in [1.29, 1.82) is 0 Å². The fourth-order valence-electron chi connectivity index (χ4n) is 2.26. The van der Waals surface area contributed by atoms with Crippen molar-refractivity contribution >= 4 is 5.91 Å². The van der Waals surface area contributed by atoms with Gasteiger partial charge in [-0.15, -0.1) is 0 Å². The van der Waals surface area contributed by atoms with Crippen LogP contribution in [0.3, 0.4) is 0 Å². The molecule has 0 aromatic heterocycles. The van der Waals surface area contributed by atoms with E-state index in [1.165, 1.54) is 0 Å². The molecule has 2 rings (SSSR count). The highest BCUT2D eigenvalue weighted by atomic mass is 16.2. The Labute approximate surface area is 120 Å². The van der Waals surface area contributed by atoms with Crippen molar-refractivity contribution in [2.24, 2.45) is 5.73 Å². The van der Waals surface area contributed by atoms with E-state index in [0.717, 1.165) is 30.8 Å². The van der Waals surface area contributed by atoms with Gasteiger partial charge in [0.25, 0.3) is 5.91 Å². The van der Waals surface area contributed by atoms with E-state index in [-0.39, 0.29) is 5.91 Å². The van der Waals surface area contributed by atoms with Crippen LogP contribution in [0.4, 0.5) is 0 Å². The number of rotatable bonds is 1. The maximum atomic E-state index is 12.4. The van der Waals surface area contributed by atoms with Crippen LogP contribution in [0.25, 0.3) is 0 Å². The monoisotopic (exact) mass is 271 g/mol. The Morgan fingerprint density at radius 1 is 1.35 bits per heavy atom. The number of likely N-dealkylation sites (N-methyl/N-ethyl adjacent to an activating group) is 1. The minimum atomic E-state index is 0.100. The fraction of sp³-hybridized carbons (Fsp3) is 0.438. The van der Waals surface area contributed by atoms with Crippen molar-refractivity contribution in [2.45, 2.75) is 13.0 Å². The number of benzene rings is 1. The molecule has 1 heterocycles. The number of nitrogens with two attached hydrogens (primary N) is 1. The van der Waals surface area contributed by atoms with Crippen LogP contribution < -0.4 is 5.73 Å². The van der Waals surface area contributed by atoms with Crippen molar-refractivity contribution in [3.05, 3.63) is 35.4 Å². The Morgan fingerprint density at radius 3 is 2.65 bits per heavy atom. The molecule has 1 aliphatic heterocycles. The summed E-state index contributed by atoms with van der Waals surface area (Å²) in [7, 11) is 2.09. The van der Waals surface area contributed by atoms with Gasteiger partial charge in [-0.1, -0.05) is 11.8 Å². The van der Waals surface area contributed by atoms with E-state index in [9.17, 15) is 4.79 Å². The van der Waals surface area contributed by atoms with Crippen molar-refractivity contribution in [1.82, 2.24) is 9.80 Å². The summed E-state index contributed by atoms with van der Waals surface area (Å²) in [6.45, 7) is 4.98. The first kappa shape index (κ1) is 14.6. The lowest BCUT2D eigenvalue weighted by Crippen LogP contribution is -2.52. The molecule has 1 amide bonds. The fourth-order valence-corrected chi connectivity index (χ4v) is 2.26. The topological polar surface area (TPSA) is 49.6 Å². The van der Waals surface area contributed by atoms with Crippen LogP contribution in [0.2, 0.25) is 0 Å². The first-order valence-electron chi connectivity index (χ1n) is 6.90. The highest BCUT2D eigenvalue weighted by Gasteiger charge is 2.24. The molecule has 1 unspecified atom stereocenters. The Morgan fingerprint density at radius 2 is 2.05 bits per heavy atom. The predicted octanol–water partition coefficient (Wildman–Crippen LogP) is 0.773. The zero-order valence-electron chi connectivity index (χ0n) is 12.1.